The monoisotopic (exact) mass is 261 g/mol. The second-order valence-electron chi connectivity index (χ2n) is 5.43. The first-order valence-corrected chi connectivity index (χ1v) is 7.18. The van der Waals surface area contributed by atoms with Crippen LogP contribution in [0, 0.1) is 0 Å². The van der Waals surface area contributed by atoms with Crippen molar-refractivity contribution in [2.45, 2.75) is 45.6 Å². The minimum atomic E-state index is 0.181. The van der Waals surface area contributed by atoms with E-state index in [2.05, 4.69) is 0 Å². The minimum Gasteiger partial charge on any atom is -0.491 e. The highest BCUT2D eigenvalue weighted by molar-refractivity contribution is 5.78. The van der Waals surface area contributed by atoms with E-state index in [0.717, 1.165) is 37.2 Å². The number of likely N-dealkylation sites (tertiary alicyclic amines) is 1. The van der Waals surface area contributed by atoms with Crippen LogP contribution in [0.5, 0.6) is 5.75 Å². The van der Waals surface area contributed by atoms with Crippen molar-refractivity contribution >= 4 is 5.91 Å². The molecule has 0 radical (unpaired) electrons. The van der Waals surface area contributed by atoms with E-state index in [9.17, 15) is 4.79 Å². The average Bonchev–Trinajstić information content (AvgIpc) is 2.41. The maximum Gasteiger partial charge on any atom is 0.226 e. The molecule has 0 N–H and O–H groups in total. The Balaban J connectivity index is 1.89. The van der Waals surface area contributed by atoms with Gasteiger partial charge in [0.05, 0.1) is 12.5 Å². The summed E-state index contributed by atoms with van der Waals surface area (Å²) in [5, 5.41) is 0. The largest absolute Gasteiger partial charge is 0.491 e. The van der Waals surface area contributed by atoms with Crippen LogP contribution < -0.4 is 4.74 Å². The first-order chi connectivity index (χ1) is 9.15. The van der Waals surface area contributed by atoms with E-state index >= 15 is 0 Å². The first kappa shape index (κ1) is 13.9. The molecule has 0 aliphatic carbocycles. The summed E-state index contributed by atoms with van der Waals surface area (Å²) in [4.78, 5) is 14.1. The predicted octanol–water partition coefficient (Wildman–Crippen LogP) is 3.03. The molecule has 1 aliphatic heterocycles. The third kappa shape index (κ3) is 4.27. The Morgan fingerprint density at radius 1 is 1.16 bits per heavy atom. The van der Waals surface area contributed by atoms with E-state index in [1.807, 2.05) is 43.0 Å². The molecule has 0 saturated carbocycles. The average molecular weight is 261 g/mol. The predicted molar refractivity (Wildman–Crippen MR) is 76.3 cm³/mol. The third-order valence-corrected chi connectivity index (χ3v) is 3.36. The van der Waals surface area contributed by atoms with Crippen molar-refractivity contribution in [3.05, 3.63) is 29.8 Å². The van der Waals surface area contributed by atoms with Gasteiger partial charge in [0.25, 0.3) is 0 Å². The zero-order valence-corrected chi connectivity index (χ0v) is 11.9. The van der Waals surface area contributed by atoms with Crippen molar-refractivity contribution in [2.24, 2.45) is 0 Å². The Hall–Kier alpha value is -1.51. The normalized spacial score (nSPS) is 15.6. The molecule has 3 heteroatoms. The molecular formula is C16H23NO2. The fraction of sp³-hybridized carbons (Fsp3) is 0.562. The number of hydrogen-bond donors (Lipinski definition) is 0. The van der Waals surface area contributed by atoms with Crippen molar-refractivity contribution in [2.75, 3.05) is 13.1 Å². The Labute approximate surface area is 115 Å². The molecule has 1 fully saturated rings. The molecule has 1 aliphatic rings. The molecular weight excluding hydrogens is 238 g/mol. The van der Waals surface area contributed by atoms with Crippen LogP contribution in [0.25, 0.3) is 0 Å². The van der Waals surface area contributed by atoms with E-state index in [-0.39, 0.29) is 12.0 Å². The fourth-order valence-corrected chi connectivity index (χ4v) is 2.39. The summed E-state index contributed by atoms with van der Waals surface area (Å²) in [7, 11) is 0. The Morgan fingerprint density at radius 3 is 2.37 bits per heavy atom. The van der Waals surface area contributed by atoms with Crippen LogP contribution in [-0.4, -0.2) is 30.0 Å². The zero-order valence-electron chi connectivity index (χ0n) is 11.9. The SMILES string of the molecule is CC(C)Oc1ccc(CC(=O)N2CCCCC2)cc1. The van der Waals surface area contributed by atoms with E-state index in [1.54, 1.807) is 0 Å². The highest BCUT2D eigenvalue weighted by Gasteiger charge is 2.16. The van der Waals surface area contributed by atoms with Crippen molar-refractivity contribution < 1.29 is 9.53 Å². The molecule has 0 bridgehead atoms. The zero-order chi connectivity index (χ0) is 13.7. The standard InChI is InChI=1S/C16H23NO2/c1-13(2)19-15-8-6-14(7-9-15)12-16(18)17-10-4-3-5-11-17/h6-9,13H,3-5,10-12H2,1-2H3. The van der Waals surface area contributed by atoms with Gasteiger partial charge in [0, 0.05) is 13.1 Å². The summed E-state index contributed by atoms with van der Waals surface area (Å²) >= 11 is 0. The molecule has 0 spiro atoms. The molecule has 2 rings (SSSR count). The topological polar surface area (TPSA) is 29.5 Å². The molecule has 3 nitrogen and oxygen atoms in total. The van der Waals surface area contributed by atoms with Crippen LogP contribution in [0.1, 0.15) is 38.7 Å². The molecule has 104 valence electrons. The third-order valence-electron chi connectivity index (χ3n) is 3.36. The number of carbonyl (C=O) groups is 1. The number of hydrogen-bond acceptors (Lipinski definition) is 2. The van der Waals surface area contributed by atoms with Crippen LogP contribution in [-0.2, 0) is 11.2 Å². The molecule has 1 amide bonds. The molecule has 1 heterocycles. The van der Waals surface area contributed by atoms with Gasteiger partial charge in [-0.05, 0) is 50.8 Å². The van der Waals surface area contributed by atoms with Crippen molar-refractivity contribution in [1.82, 2.24) is 4.90 Å². The Bertz CT molecular complexity index is 405. The van der Waals surface area contributed by atoms with Gasteiger partial charge in [-0.15, -0.1) is 0 Å². The summed E-state index contributed by atoms with van der Waals surface area (Å²) in [5.74, 6) is 1.11. The second-order valence-corrected chi connectivity index (χ2v) is 5.43. The number of carbonyl (C=O) groups excluding carboxylic acids is 1. The lowest BCUT2D eigenvalue weighted by Gasteiger charge is -2.26. The molecule has 0 unspecified atom stereocenters. The molecule has 1 saturated heterocycles. The maximum atomic E-state index is 12.1. The number of rotatable bonds is 4. The molecule has 0 atom stereocenters. The summed E-state index contributed by atoms with van der Waals surface area (Å²) in [6.07, 6.45) is 4.23. The molecule has 1 aromatic carbocycles. The van der Waals surface area contributed by atoms with E-state index in [1.165, 1.54) is 6.42 Å². The molecule has 0 aromatic heterocycles. The smallest absolute Gasteiger partial charge is 0.226 e. The summed E-state index contributed by atoms with van der Waals surface area (Å²) in [6.45, 7) is 5.86. The van der Waals surface area contributed by atoms with E-state index < -0.39 is 0 Å². The summed E-state index contributed by atoms with van der Waals surface area (Å²) in [6, 6.07) is 7.86. The van der Waals surface area contributed by atoms with Crippen LogP contribution in [0.4, 0.5) is 0 Å². The molecule has 19 heavy (non-hydrogen) atoms. The Morgan fingerprint density at radius 2 is 1.79 bits per heavy atom. The quantitative estimate of drug-likeness (QED) is 0.833. The van der Waals surface area contributed by atoms with E-state index in [0.29, 0.717) is 6.42 Å². The van der Waals surface area contributed by atoms with Gasteiger partial charge in [0.15, 0.2) is 0 Å². The first-order valence-electron chi connectivity index (χ1n) is 7.18. The summed E-state index contributed by atoms with van der Waals surface area (Å²) < 4.78 is 5.60. The fourth-order valence-electron chi connectivity index (χ4n) is 2.39. The van der Waals surface area contributed by atoms with Crippen molar-refractivity contribution in [3.63, 3.8) is 0 Å². The lowest BCUT2D eigenvalue weighted by Crippen LogP contribution is -2.36. The highest BCUT2D eigenvalue weighted by atomic mass is 16.5. The number of benzene rings is 1. The van der Waals surface area contributed by atoms with Crippen LogP contribution >= 0.6 is 0 Å². The Kier molecular flexibility index (Phi) is 4.83. The van der Waals surface area contributed by atoms with Crippen LogP contribution in [0.15, 0.2) is 24.3 Å². The van der Waals surface area contributed by atoms with Gasteiger partial charge in [-0.2, -0.15) is 0 Å². The number of amides is 1. The van der Waals surface area contributed by atoms with Gasteiger partial charge >= 0.3 is 0 Å². The van der Waals surface area contributed by atoms with Gasteiger partial charge < -0.3 is 9.64 Å². The van der Waals surface area contributed by atoms with Gasteiger partial charge in [-0.3, -0.25) is 4.79 Å². The van der Waals surface area contributed by atoms with Gasteiger partial charge in [0.2, 0.25) is 5.91 Å². The number of nitrogens with zero attached hydrogens (tertiary/aromatic N) is 1. The van der Waals surface area contributed by atoms with E-state index in [4.69, 9.17) is 4.74 Å². The number of ether oxygens (including phenoxy) is 1. The lowest BCUT2D eigenvalue weighted by atomic mass is 10.1. The van der Waals surface area contributed by atoms with Gasteiger partial charge in [-0.1, -0.05) is 12.1 Å². The highest BCUT2D eigenvalue weighted by Crippen LogP contribution is 2.16. The van der Waals surface area contributed by atoms with Crippen LogP contribution in [0.2, 0.25) is 0 Å². The second kappa shape index (κ2) is 6.60. The van der Waals surface area contributed by atoms with Gasteiger partial charge in [-0.25, -0.2) is 0 Å². The van der Waals surface area contributed by atoms with Crippen molar-refractivity contribution in [1.29, 1.82) is 0 Å². The molecule has 1 aromatic rings. The minimum absolute atomic E-state index is 0.181. The van der Waals surface area contributed by atoms with Crippen LogP contribution in [0.3, 0.4) is 0 Å². The summed E-state index contributed by atoms with van der Waals surface area (Å²) in [5.41, 5.74) is 1.06. The number of piperidine rings is 1. The van der Waals surface area contributed by atoms with Crippen molar-refractivity contribution in [3.8, 4) is 5.75 Å². The van der Waals surface area contributed by atoms with Gasteiger partial charge in [0.1, 0.15) is 5.75 Å². The lowest BCUT2D eigenvalue weighted by molar-refractivity contribution is -0.131. The maximum absolute atomic E-state index is 12.1.